The van der Waals surface area contributed by atoms with Crippen molar-refractivity contribution in [3.63, 3.8) is 0 Å². The quantitative estimate of drug-likeness (QED) is 0.857. The van der Waals surface area contributed by atoms with Gasteiger partial charge in [-0.25, -0.2) is 0 Å². The summed E-state index contributed by atoms with van der Waals surface area (Å²) in [6.45, 7) is 0. The van der Waals surface area contributed by atoms with Gasteiger partial charge in [-0.2, -0.15) is 0 Å². The number of nitrogens with two attached hydrogens (primary N) is 1. The molecular weight excluding hydrogens is 216 g/mol. The van der Waals surface area contributed by atoms with Crippen molar-refractivity contribution in [1.82, 2.24) is 15.0 Å². The fraction of sp³-hybridized carbons (Fsp3) is 0.333. The molecule has 2 N–H and O–H groups in total. The number of furan rings is 1. The smallest absolute Gasteiger partial charge is 0.197 e. The number of halogens is 1. The van der Waals surface area contributed by atoms with Gasteiger partial charge in [-0.05, 0) is 17.7 Å². The van der Waals surface area contributed by atoms with E-state index in [0.717, 1.165) is 11.3 Å². The monoisotopic (exact) mass is 226 g/mol. The lowest BCUT2D eigenvalue weighted by molar-refractivity contribution is 0.560. The maximum Gasteiger partial charge on any atom is 0.197 e. The van der Waals surface area contributed by atoms with Gasteiger partial charge in [-0.1, -0.05) is 5.21 Å². The Morgan fingerprint density at radius 3 is 3.00 bits per heavy atom. The second kappa shape index (κ2) is 4.04. The van der Waals surface area contributed by atoms with Crippen molar-refractivity contribution in [1.29, 1.82) is 0 Å². The van der Waals surface area contributed by atoms with Crippen LogP contribution in [0.1, 0.15) is 17.3 Å². The molecule has 2 aromatic rings. The molecule has 0 fully saturated rings. The molecule has 0 aliphatic heterocycles. The lowest BCUT2D eigenvalue weighted by Gasteiger charge is -2.06. The molecule has 15 heavy (non-hydrogen) atoms. The fourth-order valence-corrected chi connectivity index (χ4v) is 1.65. The zero-order valence-electron chi connectivity index (χ0n) is 8.22. The summed E-state index contributed by atoms with van der Waals surface area (Å²) in [6, 6.07) is 1.55. The highest BCUT2D eigenvalue weighted by Gasteiger charge is 2.14. The van der Waals surface area contributed by atoms with Crippen LogP contribution in [0.4, 0.5) is 0 Å². The minimum absolute atomic E-state index is 0.215. The van der Waals surface area contributed by atoms with E-state index in [1.165, 1.54) is 6.26 Å². The van der Waals surface area contributed by atoms with Crippen LogP contribution < -0.4 is 5.73 Å². The van der Waals surface area contributed by atoms with Crippen LogP contribution in [-0.4, -0.2) is 15.0 Å². The van der Waals surface area contributed by atoms with E-state index in [1.807, 2.05) is 13.2 Å². The Balaban J connectivity index is 2.10. The molecule has 0 radical (unpaired) electrons. The Hall–Kier alpha value is -1.33. The molecule has 0 aromatic carbocycles. The summed E-state index contributed by atoms with van der Waals surface area (Å²) in [6.07, 6.45) is 3.94. The van der Waals surface area contributed by atoms with Gasteiger partial charge in [-0.3, -0.25) is 4.68 Å². The first kappa shape index (κ1) is 10.2. The van der Waals surface area contributed by atoms with Gasteiger partial charge in [0.05, 0.1) is 12.0 Å². The van der Waals surface area contributed by atoms with Crippen molar-refractivity contribution in [3.8, 4) is 0 Å². The minimum Gasteiger partial charge on any atom is -0.453 e. The highest BCUT2D eigenvalue weighted by molar-refractivity contribution is 6.29. The normalized spacial score (nSPS) is 13.0. The van der Waals surface area contributed by atoms with Gasteiger partial charge in [-0.15, -0.1) is 5.10 Å². The molecule has 6 heteroatoms. The maximum atomic E-state index is 5.96. The zero-order valence-corrected chi connectivity index (χ0v) is 8.98. The van der Waals surface area contributed by atoms with Crippen molar-refractivity contribution in [2.45, 2.75) is 12.5 Å². The first-order chi connectivity index (χ1) is 7.16. The largest absolute Gasteiger partial charge is 0.453 e. The predicted molar refractivity (Wildman–Crippen MR) is 55.4 cm³/mol. The maximum absolute atomic E-state index is 5.96. The van der Waals surface area contributed by atoms with Crippen molar-refractivity contribution in [2.75, 3.05) is 0 Å². The van der Waals surface area contributed by atoms with Gasteiger partial charge in [0.25, 0.3) is 0 Å². The topological polar surface area (TPSA) is 69.9 Å². The van der Waals surface area contributed by atoms with Crippen LogP contribution in [0.5, 0.6) is 0 Å². The highest BCUT2D eigenvalue weighted by atomic mass is 35.5. The molecule has 2 aromatic heterocycles. The van der Waals surface area contributed by atoms with Crippen LogP contribution in [-0.2, 0) is 13.5 Å². The highest BCUT2D eigenvalue weighted by Crippen LogP contribution is 2.24. The van der Waals surface area contributed by atoms with Crippen molar-refractivity contribution in [2.24, 2.45) is 12.8 Å². The van der Waals surface area contributed by atoms with Crippen LogP contribution in [0.3, 0.4) is 0 Å². The second-order valence-corrected chi connectivity index (χ2v) is 3.69. The molecule has 1 atom stereocenters. The SMILES string of the molecule is Cn1cc(CC(N)c2ccoc2Cl)nn1. The summed E-state index contributed by atoms with van der Waals surface area (Å²) in [5.41, 5.74) is 7.59. The van der Waals surface area contributed by atoms with Crippen LogP contribution >= 0.6 is 11.6 Å². The molecule has 2 heterocycles. The van der Waals surface area contributed by atoms with Gasteiger partial charge in [0.15, 0.2) is 5.22 Å². The summed E-state index contributed by atoms with van der Waals surface area (Å²) in [5, 5.41) is 8.12. The first-order valence-electron chi connectivity index (χ1n) is 4.50. The average Bonchev–Trinajstić information content (AvgIpc) is 2.75. The van der Waals surface area contributed by atoms with Gasteiger partial charge in [0.1, 0.15) is 0 Å². The Labute approximate surface area is 91.8 Å². The first-order valence-corrected chi connectivity index (χ1v) is 4.88. The van der Waals surface area contributed by atoms with Gasteiger partial charge in [0, 0.05) is 31.3 Å². The summed E-state index contributed by atoms with van der Waals surface area (Å²) >= 11 is 5.82. The lowest BCUT2D eigenvalue weighted by atomic mass is 10.1. The predicted octanol–water partition coefficient (Wildman–Crippen LogP) is 1.30. The molecule has 0 amide bonds. The van der Waals surface area contributed by atoms with E-state index < -0.39 is 0 Å². The molecule has 0 saturated carbocycles. The Morgan fingerprint density at radius 1 is 1.67 bits per heavy atom. The van der Waals surface area contributed by atoms with E-state index in [2.05, 4.69) is 10.3 Å². The molecule has 0 spiro atoms. The van der Waals surface area contributed by atoms with E-state index >= 15 is 0 Å². The van der Waals surface area contributed by atoms with Crippen LogP contribution in [0.25, 0.3) is 0 Å². The summed E-state index contributed by atoms with van der Waals surface area (Å²) in [5.74, 6) is 0. The van der Waals surface area contributed by atoms with Crippen molar-refractivity contribution < 1.29 is 4.42 Å². The third kappa shape index (κ3) is 2.19. The van der Waals surface area contributed by atoms with E-state index in [0.29, 0.717) is 11.6 Å². The molecule has 5 nitrogen and oxygen atoms in total. The summed E-state index contributed by atoms with van der Waals surface area (Å²) in [4.78, 5) is 0. The molecule has 0 bridgehead atoms. The Kier molecular flexibility index (Phi) is 2.75. The minimum atomic E-state index is -0.215. The van der Waals surface area contributed by atoms with E-state index in [-0.39, 0.29) is 6.04 Å². The number of hydrogen-bond acceptors (Lipinski definition) is 4. The third-order valence-electron chi connectivity index (χ3n) is 2.12. The zero-order chi connectivity index (χ0) is 10.8. The number of rotatable bonds is 3. The van der Waals surface area contributed by atoms with Crippen molar-refractivity contribution >= 4 is 11.6 Å². The molecule has 0 saturated heterocycles. The Morgan fingerprint density at radius 2 is 2.47 bits per heavy atom. The summed E-state index contributed by atoms with van der Waals surface area (Å²) in [7, 11) is 1.81. The van der Waals surface area contributed by atoms with E-state index in [1.54, 1.807) is 10.7 Å². The van der Waals surface area contributed by atoms with Crippen LogP contribution in [0.2, 0.25) is 5.22 Å². The second-order valence-electron chi connectivity index (χ2n) is 3.34. The molecule has 80 valence electrons. The van der Waals surface area contributed by atoms with Gasteiger partial charge < -0.3 is 10.2 Å². The average molecular weight is 227 g/mol. The number of nitrogens with zero attached hydrogens (tertiary/aromatic N) is 3. The molecule has 0 aliphatic rings. The number of hydrogen-bond donors (Lipinski definition) is 1. The molecule has 0 aliphatic carbocycles. The Bertz CT molecular complexity index is 450. The third-order valence-corrected chi connectivity index (χ3v) is 2.43. The molecular formula is C9H11ClN4O. The van der Waals surface area contributed by atoms with Crippen LogP contribution in [0, 0.1) is 0 Å². The van der Waals surface area contributed by atoms with E-state index in [9.17, 15) is 0 Å². The van der Waals surface area contributed by atoms with E-state index in [4.69, 9.17) is 21.8 Å². The summed E-state index contributed by atoms with van der Waals surface area (Å²) < 4.78 is 6.61. The fourth-order valence-electron chi connectivity index (χ4n) is 1.39. The van der Waals surface area contributed by atoms with Crippen molar-refractivity contribution in [3.05, 3.63) is 35.0 Å². The number of aryl methyl sites for hydroxylation is 1. The standard InChI is InChI=1S/C9H11ClN4O/c1-14-5-6(12-13-14)4-8(11)7-2-3-15-9(7)10/h2-3,5,8H,4,11H2,1H3. The van der Waals surface area contributed by atoms with Crippen LogP contribution in [0.15, 0.2) is 22.9 Å². The molecule has 2 rings (SSSR count). The van der Waals surface area contributed by atoms with Gasteiger partial charge in [0.2, 0.25) is 0 Å². The lowest BCUT2D eigenvalue weighted by Crippen LogP contribution is -2.13. The number of aromatic nitrogens is 3. The molecule has 1 unspecified atom stereocenters. The van der Waals surface area contributed by atoms with Gasteiger partial charge >= 0.3 is 0 Å².